The number of carbonyl (C=O) groups excluding carboxylic acids is 1. The van der Waals surface area contributed by atoms with Crippen molar-refractivity contribution in [2.45, 2.75) is 13.5 Å². The maximum Gasteiger partial charge on any atom is 0.407 e. The highest BCUT2D eigenvalue weighted by Gasteiger charge is 2.06. The average molecular weight is 325 g/mol. The second-order valence-corrected chi connectivity index (χ2v) is 5.22. The second kappa shape index (κ2) is 8.53. The molecule has 0 fully saturated rings. The fourth-order valence-corrected chi connectivity index (χ4v) is 2.14. The third kappa shape index (κ3) is 5.28. The number of benzene rings is 2. The van der Waals surface area contributed by atoms with E-state index in [9.17, 15) is 9.59 Å². The SMILES string of the molecule is Cc1cc(C=CCNC(=O)OCc2ccccc2)ccc1C(=O)O. The number of carbonyl (C=O) groups is 2. The minimum absolute atomic E-state index is 0.228. The molecule has 0 aliphatic heterocycles. The van der Waals surface area contributed by atoms with Gasteiger partial charge in [0.1, 0.15) is 6.61 Å². The highest BCUT2D eigenvalue weighted by Crippen LogP contribution is 2.12. The van der Waals surface area contributed by atoms with Crippen molar-refractivity contribution < 1.29 is 19.4 Å². The van der Waals surface area contributed by atoms with Crippen LogP contribution in [0.3, 0.4) is 0 Å². The van der Waals surface area contributed by atoms with Crippen LogP contribution in [0.4, 0.5) is 4.79 Å². The van der Waals surface area contributed by atoms with Crippen LogP contribution in [0, 0.1) is 6.92 Å². The molecule has 0 unspecified atom stereocenters. The molecule has 0 saturated carbocycles. The van der Waals surface area contributed by atoms with E-state index in [2.05, 4.69) is 5.32 Å². The molecule has 124 valence electrons. The predicted molar refractivity (Wildman–Crippen MR) is 91.8 cm³/mol. The largest absolute Gasteiger partial charge is 0.478 e. The molecular formula is C19H19NO4. The average Bonchev–Trinajstić information content (AvgIpc) is 2.57. The van der Waals surface area contributed by atoms with Gasteiger partial charge in [-0.2, -0.15) is 0 Å². The number of carboxylic acids is 1. The predicted octanol–water partition coefficient (Wildman–Crippen LogP) is 3.63. The summed E-state index contributed by atoms with van der Waals surface area (Å²) in [5.74, 6) is -0.939. The lowest BCUT2D eigenvalue weighted by Gasteiger charge is -2.05. The van der Waals surface area contributed by atoms with Crippen LogP contribution >= 0.6 is 0 Å². The minimum atomic E-state index is -0.939. The van der Waals surface area contributed by atoms with Crippen LogP contribution in [0.1, 0.15) is 27.0 Å². The normalized spacial score (nSPS) is 10.5. The van der Waals surface area contributed by atoms with Gasteiger partial charge in [-0.15, -0.1) is 0 Å². The molecule has 0 aliphatic rings. The number of carboxylic acid groups (broad SMARTS) is 1. The van der Waals surface area contributed by atoms with E-state index in [-0.39, 0.29) is 12.2 Å². The Morgan fingerprint density at radius 2 is 1.92 bits per heavy atom. The zero-order chi connectivity index (χ0) is 17.4. The Labute approximate surface area is 140 Å². The smallest absolute Gasteiger partial charge is 0.407 e. The van der Waals surface area contributed by atoms with E-state index < -0.39 is 12.1 Å². The molecule has 24 heavy (non-hydrogen) atoms. The Morgan fingerprint density at radius 3 is 2.58 bits per heavy atom. The molecule has 2 rings (SSSR count). The Morgan fingerprint density at radius 1 is 1.17 bits per heavy atom. The van der Waals surface area contributed by atoms with Gasteiger partial charge in [0.15, 0.2) is 0 Å². The summed E-state index contributed by atoms with van der Waals surface area (Å²) in [4.78, 5) is 22.5. The first-order valence-corrected chi connectivity index (χ1v) is 7.51. The van der Waals surface area contributed by atoms with E-state index in [1.807, 2.05) is 36.4 Å². The van der Waals surface area contributed by atoms with Crippen LogP contribution in [0.25, 0.3) is 6.08 Å². The summed E-state index contributed by atoms with van der Waals surface area (Å²) >= 11 is 0. The Bertz CT molecular complexity index is 738. The van der Waals surface area contributed by atoms with Crippen molar-refractivity contribution in [3.05, 3.63) is 76.9 Å². The molecule has 0 heterocycles. The number of hydrogen-bond donors (Lipinski definition) is 2. The van der Waals surface area contributed by atoms with Gasteiger partial charge < -0.3 is 15.2 Å². The van der Waals surface area contributed by atoms with Crippen LogP contribution in [0.2, 0.25) is 0 Å². The summed E-state index contributed by atoms with van der Waals surface area (Å²) in [5.41, 5.74) is 2.78. The van der Waals surface area contributed by atoms with Gasteiger partial charge in [0.05, 0.1) is 5.56 Å². The summed E-state index contributed by atoms with van der Waals surface area (Å²) < 4.78 is 5.09. The number of hydrogen-bond acceptors (Lipinski definition) is 3. The summed E-state index contributed by atoms with van der Waals surface area (Å²) in [6.45, 7) is 2.31. The second-order valence-electron chi connectivity index (χ2n) is 5.22. The number of amides is 1. The number of aromatic carboxylic acids is 1. The van der Waals surface area contributed by atoms with Gasteiger partial charge in [-0.25, -0.2) is 9.59 Å². The van der Waals surface area contributed by atoms with E-state index in [1.165, 1.54) is 0 Å². The fraction of sp³-hybridized carbons (Fsp3) is 0.158. The summed E-state index contributed by atoms with van der Waals surface area (Å²) in [6.07, 6.45) is 3.11. The highest BCUT2D eigenvalue weighted by molar-refractivity contribution is 5.89. The van der Waals surface area contributed by atoms with E-state index in [0.29, 0.717) is 12.1 Å². The molecule has 0 aromatic heterocycles. The quantitative estimate of drug-likeness (QED) is 0.850. The van der Waals surface area contributed by atoms with Gasteiger partial charge in [-0.3, -0.25) is 0 Å². The zero-order valence-corrected chi connectivity index (χ0v) is 13.4. The van der Waals surface area contributed by atoms with Crippen molar-refractivity contribution in [3.63, 3.8) is 0 Å². The van der Waals surface area contributed by atoms with E-state index in [1.54, 1.807) is 31.2 Å². The van der Waals surface area contributed by atoms with Crippen LogP contribution in [-0.4, -0.2) is 23.7 Å². The number of nitrogens with one attached hydrogen (secondary N) is 1. The fourth-order valence-electron chi connectivity index (χ4n) is 2.14. The first-order chi connectivity index (χ1) is 11.6. The zero-order valence-electron chi connectivity index (χ0n) is 13.4. The Hall–Kier alpha value is -3.08. The molecule has 1 amide bonds. The van der Waals surface area contributed by atoms with Crippen LogP contribution in [0.15, 0.2) is 54.6 Å². The van der Waals surface area contributed by atoms with Crippen LogP contribution < -0.4 is 5.32 Å². The molecule has 5 heteroatoms. The molecule has 2 N–H and O–H groups in total. The van der Waals surface area contributed by atoms with Gasteiger partial charge in [-0.05, 0) is 29.7 Å². The van der Waals surface area contributed by atoms with Crippen molar-refractivity contribution in [3.8, 4) is 0 Å². The Kier molecular flexibility index (Phi) is 6.14. The number of alkyl carbamates (subject to hydrolysis) is 1. The number of aryl methyl sites for hydroxylation is 1. The minimum Gasteiger partial charge on any atom is -0.478 e. The molecule has 0 radical (unpaired) electrons. The summed E-state index contributed by atoms with van der Waals surface area (Å²) in [7, 11) is 0. The van der Waals surface area contributed by atoms with E-state index in [4.69, 9.17) is 9.84 Å². The number of rotatable bonds is 6. The van der Waals surface area contributed by atoms with Gasteiger partial charge in [0.2, 0.25) is 0 Å². The van der Waals surface area contributed by atoms with Gasteiger partial charge in [0.25, 0.3) is 0 Å². The highest BCUT2D eigenvalue weighted by atomic mass is 16.5. The van der Waals surface area contributed by atoms with Crippen molar-refractivity contribution >= 4 is 18.1 Å². The Balaban J connectivity index is 1.77. The number of ether oxygens (including phenoxy) is 1. The van der Waals surface area contributed by atoms with E-state index >= 15 is 0 Å². The van der Waals surface area contributed by atoms with Crippen molar-refractivity contribution in [1.29, 1.82) is 0 Å². The molecular weight excluding hydrogens is 306 g/mol. The standard InChI is InChI=1S/C19H19NO4/c1-14-12-15(9-10-17(14)18(21)22)8-5-11-20-19(23)24-13-16-6-3-2-4-7-16/h2-10,12H,11,13H2,1H3,(H,20,23)(H,21,22). The maximum atomic E-state index is 11.6. The molecule has 5 nitrogen and oxygen atoms in total. The summed E-state index contributed by atoms with van der Waals surface area (Å²) in [6, 6.07) is 14.5. The third-order valence-corrected chi connectivity index (χ3v) is 3.37. The van der Waals surface area contributed by atoms with E-state index in [0.717, 1.165) is 11.1 Å². The maximum absolute atomic E-state index is 11.6. The van der Waals surface area contributed by atoms with Gasteiger partial charge >= 0.3 is 12.1 Å². The van der Waals surface area contributed by atoms with Crippen molar-refractivity contribution in [2.75, 3.05) is 6.54 Å². The van der Waals surface area contributed by atoms with Crippen LogP contribution in [-0.2, 0) is 11.3 Å². The van der Waals surface area contributed by atoms with Crippen molar-refractivity contribution in [2.24, 2.45) is 0 Å². The van der Waals surface area contributed by atoms with Crippen molar-refractivity contribution in [1.82, 2.24) is 5.32 Å². The molecule has 2 aromatic rings. The first kappa shape index (κ1) is 17.3. The summed E-state index contributed by atoms with van der Waals surface area (Å²) in [5, 5.41) is 11.6. The molecule has 0 atom stereocenters. The lowest BCUT2D eigenvalue weighted by Crippen LogP contribution is -2.24. The molecule has 0 bridgehead atoms. The topological polar surface area (TPSA) is 75.6 Å². The third-order valence-electron chi connectivity index (χ3n) is 3.37. The van der Waals surface area contributed by atoms with Gasteiger partial charge in [0, 0.05) is 6.54 Å². The molecule has 0 aliphatic carbocycles. The van der Waals surface area contributed by atoms with Crippen LogP contribution in [0.5, 0.6) is 0 Å². The monoisotopic (exact) mass is 325 g/mol. The lowest BCUT2D eigenvalue weighted by atomic mass is 10.1. The molecule has 0 saturated heterocycles. The lowest BCUT2D eigenvalue weighted by molar-refractivity contribution is 0.0696. The molecule has 0 spiro atoms. The molecule has 2 aromatic carbocycles. The van der Waals surface area contributed by atoms with Gasteiger partial charge in [-0.1, -0.05) is 54.6 Å². The first-order valence-electron chi connectivity index (χ1n) is 7.51.